The molecule has 0 N–H and O–H groups in total. The quantitative estimate of drug-likeness (QED) is 0.485. The van der Waals surface area contributed by atoms with Gasteiger partial charge in [0, 0.05) is 6.42 Å². The topological polar surface area (TPSA) is 26.3 Å². The highest BCUT2D eigenvalue weighted by atomic mass is 16.5. The fourth-order valence-electron chi connectivity index (χ4n) is 1.21. The Morgan fingerprint density at radius 3 is 2.62 bits per heavy atom. The van der Waals surface area contributed by atoms with Gasteiger partial charge in [0.1, 0.15) is 0 Å². The van der Waals surface area contributed by atoms with Crippen LogP contribution in [0.15, 0.2) is 17.4 Å². The van der Waals surface area contributed by atoms with Crippen molar-refractivity contribution in [3.05, 3.63) is 17.4 Å². The van der Waals surface area contributed by atoms with Gasteiger partial charge in [-0.2, -0.15) is 0 Å². The Kier molecular flexibility index (Phi) is 8.65. The molecule has 16 heavy (non-hydrogen) atoms. The zero-order valence-corrected chi connectivity index (χ0v) is 11.0. The smallest absolute Gasteiger partial charge is 0.305 e. The highest BCUT2D eigenvalue weighted by Crippen LogP contribution is 2.07. The van der Waals surface area contributed by atoms with Crippen LogP contribution >= 0.6 is 0 Å². The normalized spacial score (nSPS) is 11.5. The lowest BCUT2D eigenvalue weighted by Gasteiger charge is -2.01. The third kappa shape index (κ3) is 8.31. The minimum absolute atomic E-state index is 0.0961. The zero-order chi connectivity index (χ0) is 12.4. The summed E-state index contributed by atoms with van der Waals surface area (Å²) >= 11 is 0. The first kappa shape index (κ1) is 15.0. The molecule has 0 bridgehead atoms. The first-order valence-corrected chi connectivity index (χ1v) is 6.18. The number of carbonyl (C=O) groups excluding carboxylic acids is 1. The molecule has 0 saturated heterocycles. The zero-order valence-electron chi connectivity index (χ0n) is 11.0. The molecule has 0 aliphatic heterocycles. The molecular weight excluding hydrogens is 200 g/mol. The van der Waals surface area contributed by atoms with Crippen LogP contribution in [0, 0.1) is 5.92 Å². The van der Waals surface area contributed by atoms with Gasteiger partial charge in [0.25, 0.3) is 0 Å². The SMILES string of the molecule is CCOC(=O)CCCC(C)=C=CC(C)CC. The lowest BCUT2D eigenvalue weighted by Crippen LogP contribution is -2.03. The first-order valence-electron chi connectivity index (χ1n) is 6.18. The van der Waals surface area contributed by atoms with Gasteiger partial charge in [0.05, 0.1) is 6.61 Å². The molecule has 0 radical (unpaired) electrons. The summed E-state index contributed by atoms with van der Waals surface area (Å²) in [5.74, 6) is 0.487. The van der Waals surface area contributed by atoms with Crippen molar-refractivity contribution in [3.63, 3.8) is 0 Å². The van der Waals surface area contributed by atoms with Gasteiger partial charge < -0.3 is 4.74 Å². The molecule has 0 fully saturated rings. The van der Waals surface area contributed by atoms with Gasteiger partial charge in [-0.1, -0.05) is 13.8 Å². The predicted octanol–water partition coefficient (Wildman–Crippen LogP) is 3.87. The van der Waals surface area contributed by atoms with E-state index in [0.29, 0.717) is 18.9 Å². The second kappa shape index (κ2) is 9.23. The summed E-state index contributed by atoms with van der Waals surface area (Å²) in [6.45, 7) is 8.71. The van der Waals surface area contributed by atoms with Crippen molar-refractivity contribution in [1.29, 1.82) is 0 Å². The molecule has 0 aromatic heterocycles. The van der Waals surface area contributed by atoms with E-state index in [0.717, 1.165) is 19.3 Å². The third-order valence-electron chi connectivity index (χ3n) is 2.50. The molecule has 0 rings (SSSR count). The van der Waals surface area contributed by atoms with Crippen LogP contribution in [0.2, 0.25) is 0 Å². The number of hydrogen-bond acceptors (Lipinski definition) is 2. The average molecular weight is 224 g/mol. The lowest BCUT2D eigenvalue weighted by atomic mass is 10.1. The summed E-state index contributed by atoms with van der Waals surface area (Å²) in [7, 11) is 0. The fourth-order valence-corrected chi connectivity index (χ4v) is 1.21. The maximum Gasteiger partial charge on any atom is 0.305 e. The second-order valence-electron chi connectivity index (χ2n) is 4.14. The second-order valence-corrected chi connectivity index (χ2v) is 4.14. The van der Waals surface area contributed by atoms with Crippen LogP contribution in [0.1, 0.15) is 53.4 Å². The van der Waals surface area contributed by atoms with Crippen molar-refractivity contribution in [2.24, 2.45) is 5.92 Å². The Morgan fingerprint density at radius 2 is 2.06 bits per heavy atom. The van der Waals surface area contributed by atoms with Gasteiger partial charge in [-0.05, 0) is 50.7 Å². The minimum Gasteiger partial charge on any atom is -0.466 e. The number of allylic oxidation sites excluding steroid dienone is 1. The monoisotopic (exact) mass is 224 g/mol. The Morgan fingerprint density at radius 1 is 1.38 bits per heavy atom. The summed E-state index contributed by atoms with van der Waals surface area (Å²) in [4.78, 5) is 11.1. The van der Waals surface area contributed by atoms with Crippen molar-refractivity contribution >= 4 is 5.97 Å². The molecule has 0 spiro atoms. The largest absolute Gasteiger partial charge is 0.466 e. The maximum atomic E-state index is 11.1. The molecule has 0 aliphatic carbocycles. The summed E-state index contributed by atoms with van der Waals surface area (Å²) < 4.78 is 4.86. The first-order chi connectivity index (χ1) is 7.60. The summed E-state index contributed by atoms with van der Waals surface area (Å²) in [6, 6.07) is 0. The molecule has 2 heteroatoms. The van der Waals surface area contributed by atoms with Crippen LogP contribution < -0.4 is 0 Å². The molecular formula is C14H24O2. The Labute approximate surface area is 99.4 Å². The number of rotatable bonds is 7. The minimum atomic E-state index is -0.0961. The number of esters is 1. The van der Waals surface area contributed by atoms with Crippen molar-refractivity contribution in [1.82, 2.24) is 0 Å². The van der Waals surface area contributed by atoms with E-state index in [4.69, 9.17) is 4.74 Å². The van der Waals surface area contributed by atoms with Gasteiger partial charge >= 0.3 is 5.97 Å². The van der Waals surface area contributed by atoms with Gasteiger partial charge in [-0.15, -0.1) is 5.73 Å². The van der Waals surface area contributed by atoms with E-state index in [2.05, 4.69) is 32.6 Å². The molecule has 0 aromatic rings. The molecule has 1 atom stereocenters. The highest BCUT2D eigenvalue weighted by Gasteiger charge is 2.00. The van der Waals surface area contributed by atoms with E-state index in [1.807, 2.05) is 6.92 Å². The lowest BCUT2D eigenvalue weighted by molar-refractivity contribution is -0.143. The van der Waals surface area contributed by atoms with Crippen LogP contribution in [0.3, 0.4) is 0 Å². The van der Waals surface area contributed by atoms with Gasteiger partial charge in [0.15, 0.2) is 0 Å². The molecule has 92 valence electrons. The number of hydrogen-bond donors (Lipinski definition) is 0. The predicted molar refractivity (Wildman–Crippen MR) is 67.2 cm³/mol. The molecule has 0 amide bonds. The van der Waals surface area contributed by atoms with Gasteiger partial charge in [-0.25, -0.2) is 0 Å². The van der Waals surface area contributed by atoms with E-state index in [-0.39, 0.29) is 5.97 Å². The van der Waals surface area contributed by atoms with Gasteiger partial charge in [0.2, 0.25) is 0 Å². The van der Waals surface area contributed by atoms with Crippen LogP contribution in [0.5, 0.6) is 0 Å². The van der Waals surface area contributed by atoms with Crippen LogP contribution in [-0.2, 0) is 9.53 Å². The summed E-state index contributed by atoms with van der Waals surface area (Å²) in [6.07, 6.45) is 5.54. The fraction of sp³-hybridized carbons (Fsp3) is 0.714. The molecule has 0 aromatic carbocycles. The highest BCUT2D eigenvalue weighted by molar-refractivity contribution is 5.69. The van der Waals surface area contributed by atoms with Crippen molar-refractivity contribution in [3.8, 4) is 0 Å². The maximum absolute atomic E-state index is 11.1. The molecule has 1 unspecified atom stereocenters. The van der Waals surface area contributed by atoms with E-state index < -0.39 is 0 Å². The van der Waals surface area contributed by atoms with E-state index in [1.54, 1.807) is 0 Å². The van der Waals surface area contributed by atoms with Crippen molar-refractivity contribution in [2.45, 2.75) is 53.4 Å². The molecule has 0 heterocycles. The Balaban J connectivity index is 3.84. The Hall–Kier alpha value is -1.01. The van der Waals surface area contributed by atoms with Crippen molar-refractivity contribution < 1.29 is 9.53 Å². The molecule has 0 saturated carbocycles. The molecule has 2 nitrogen and oxygen atoms in total. The van der Waals surface area contributed by atoms with E-state index in [9.17, 15) is 4.79 Å². The van der Waals surface area contributed by atoms with Crippen LogP contribution in [0.25, 0.3) is 0 Å². The standard InChI is InChI=1S/C14H24O2/c1-5-12(3)10-11-13(4)8-7-9-14(15)16-6-2/h10,12H,5-9H2,1-4H3. The van der Waals surface area contributed by atoms with Crippen LogP contribution in [-0.4, -0.2) is 12.6 Å². The van der Waals surface area contributed by atoms with E-state index in [1.165, 1.54) is 5.57 Å². The number of ether oxygens (including phenoxy) is 1. The van der Waals surface area contributed by atoms with Gasteiger partial charge in [-0.3, -0.25) is 4.79 Å². The van der Waals surface area contributed by atoms with Crippen LogP contribution in [0.4, 0.5) is 0 Å². The Bertz CT molecular complexity index is 260. The summed E-state index contributed by atoms with van der Waals surface area (Å²) in [5.41, 5.74) is 4.49. The average Bonchev–Trinajstić information content (AvgIpc) is 2.26. The number of carbonyl (C=O) groups is 1. The third-order valence-corrected chi connectivity index (χ3v) is 2.50. The molecule has 0 aliphatic rings. The van der Waals surface area contributed by atoms with E-state index >= 15 is 0 Å². The summed E-state index contributed by atoms with van der Waals surface area (Å²) in [5, 5.41) is 0. The van der Waals surface area contributed by atoms with Crippen molar-refractivity contribution in [2.75, 3.05) is 6.61 Å².